The van der Waals surface area contributed by atoms with Crippen LogP contribution in [0.15, 0.2) is 24.3 Å². The summed E-state index contributed by atoms with van der Waals surface area (Å²) < 4.78 is 4.71. The molecule has 1 rings (SSSR count). The average Bonchev–Trinajstić information content (AvgIpc) is 2.26. The fraction of sp³-hybridized carbons (Fsp3) is 0.417. The molecular formula is C12H18N2O3. The summed E-state index contributed by atoms with van der Waals surface area (Å²) in [5.74, 6) is 0. The van der Waals surface area contributed by atoms with Crippen LogP contribution in [-0.2, 0) is 11.3 Å². The fourth-order valence-corrected chi connectivity index (χ4v) is 1.40. The van der Waals surface area contributed by atoms with Crippen LogP contribution in [0.5, 0.6) is 0 Å². The van der Waals surface area contributed by atoms with E-state index in [1.54, 1.807) is 6.07 Å². The van der Waals surface area contributed by atoms with Crippen LogP contribution in [0.4, 0.5) is 10.5 Å². The van der Waals surface area contributed by atoms with Crippen molar-refractivity contribution in [2.75, 3.05) is 32.6 Å². The maximum atomic E-state index is 11.2. The van der Waals surface area contributed by atoms with Crippen molar-refractivity contribution >= 4 is 11.8 Å². The van der Waals surface area contributed by atoms with Gasteiger partial charge in [-0.2, -0.15) is 0 Å². The molecule has 0 saturated carbocycles. The maximum Gasteiger partial charge on any atom is 0.411 e. The molecule has 0 aliphatic rings. The molecule has 0 heterocycles. The molecule has 2 N–H and O–H groups in total. The van der Waals surface area contributed by atoms with Crippen molar-refractivity contribution in [3.05, 3.63) is 29.8 Å². The Morgan fingerprint density at radius 3 is 2.88 bits per heavy atom. The van der Waals surface area contributed by atoms with E-state index < -0.39 is 6.09 Å². The van der Waals surface area contributed by atoms with Gasteiger partial charge in [-0.15, -0.1) is 0 Å². The molecule has 0 atom stereocenters. The molecule has 0 aliphatic carbocycles. The van der Waals surface area contributed by atoms with E-state index in [1.807, 2.05) is 37.2 Å². The van der Waals surface area contributed by atoms with Crippen LogP contribution in [-0.4, -0.2) is 43.4 Å². The zero-order chi connectivity index (χ0) is 12.7. The third-order valence-corrected chi connectivity index (χ3v) is 2.00. The van der Waals surface area contributed by atoms with Gasteiger partial charge in [-0.05, 0) is 31.8 Å². The molecule has 0 radical (unpaired) electrons. The summed E-state index contributed by atoms with van der Waals surface area (Å²) in [5, 5.41) is 11.1. The van der Waals surface area contributed by atoms with Gasteiger partial charge < -0.3 is 14.7 Å². The van der Waals surface area contributed by atoms with E-state index in [4.69, 9.17) is 9.84 Å². The first-order valence-corrected chi connectivity index (χ1v) is 5.40. The Labute approximate surface area is 101 Å². The first-order chi connectivity index (χ1) is 8.11. The van der Waals surface area contributed by atoms with Gasteiger partial charge >= 0.3 is 6.09 Å². The average molecular weight is 238 g/mol. The summed E-state index contributed by atoms with van der Waals surface area (Å²) in [6.45, 7) is 0.637. The standard InChI is InChI=1S/C12H18N2O3/c1-14(2)9-10-4-3-5-11(8-10)13-12(16)17-7-6-15/h3-5,8,15H,6-7,9H2,1-2H3,(H,13,16). The van der Waals surface area contributed by atoms with Gasteiger partial charge in [0.15, 0.2) is 0 Å². The van der Waals surface area contributed by atoms with Crippen LogP contribution < -0.4 is 5.32 Å². The minimum Gasteiger partial charge on any atom is -0.447 e. The van der Waals surface area contributed by atoms with E-state index in [-0.39, 0.29) is 13.2 Å². The highest BCUT2D eigenvalue weighted by Gasteiger charge is 2.03. The zero-order valence-corrected chi connectivity index (χ0v) is 10.1. The molecule has 1 amide bonds. The maximum absolute atomic E-state index is 11.2. The highest BCUT2D eigenvalue weighted by atomic mass is 16.6. The Balaban J connectivity index is 2.56. The Morgan fingerprint density at radius 2 is 2.24 bits per heavy atom. The number of nitrogens with one attached hydrogen (secondary N) is 1. The summed E-state index contributed by atoms with van der Waals surface area (Å²) in [4.78, 5) is 13.3. The predicted molar refractivity (Wildman–Crippen MR) is 65.9 cm³/mol. The number of aliphatic hydroxyl groups is 1. The highest BCUT2D eigenvalue weighted by molar-refractivity contribution is 5.84. The van der Waals surface area contributed by atoms with Crippen molar-refractivity contribution in [2.45, 2.75) is 6.54 Å². The summed E-state index contributed by atoms with van der Waals surface area (Å²) in [7, 11) is 3.96. The molecule has 5 nitrogen and oxygen atoms in total. The zero-order valence-electron chi connectivity index (χ0n) is 10.1. The molecule has 0 bridgehead atoms. The summed E-state index contributed by atoms with van der Waals surface area (Å²) in [6.07, 6.45) is -0.555. The van der Waals surface area contributed by atoms with Gasteiger partial charge in [0.05, 0.1) is 6.61 Å². The van der Waals surface area contributed by atoms with Crippen LogP contribution in [0.25, 0.3) is 0 Å². The normalized spacial score (nSPS) is 10.4. The number of benzene rings is 1. The number of aliphatic hydroxyl groups excluding tert-OH is 1. The number of carbonyl (C=O) groups is 1. The largest absolute Gasteiger partial charge is 0.447 e. The van der Waals surface area contributed by atoms with Crippen molar-refractivity contribution in [3.63, 3.8) is 0 Å². The molecular weight excluding hydrogens is 220 g/mol. The number of hydrogen-bond acceptors (Lipinski definition) is 4. The number of nitrogens with zero attached hydrogens (tertiary/aromatic N) is 1. The molecule has 0 aromatic heterocycles. The minimum absolute atomic E-state index is 0.00320. The Hall–Kier alpha value is -1.59. The first kappa shape index (κ1) is 13.5. The van der Waals surface area contributed by atoms with Crippen molar-refractivity contribution in [1.82, 2.24) is 4.90 Å². The van der Waals surface area contributed by atoms with Crippen LogP contribution in [0.2, 0.25) is 0 Å². The second kappa shape index (κ2) is 6.88. The number of ether oxygens (including phenoxy) is 1. The number of hydrogen-bond donors (Lipinski definition) is 2. The molecule has 17 heavy (non-hydrogen) atoms. The van der Waals surface area contributed by atoms with Crippen LogP contribution >= 0.6 is 0 Å². The third-order valence-electron chi connectivity index (χ3n) is 2.00. The molecule has 1 aromatic rings. The van der Waals surface area contributed by atoms with Crippen LogP contribution in [0, 0.1) is 0 Å². The van der Waals surface area contributed by atoms with Gasteiger partial charge in [0.2, 0.25) is 0 Å². The van der Waals surface area contributed by atoms with Crippen molar-refractivity contribution in [3.8, 4) is 0 Å². The second-order valence-corrected chi connectivity index (χ2v) is 3.92. The molecule has 94 valence electrons. The van der Waals surface area contributed by atoms with Gasteiger partial charge in [0, 0.05) is 12.2 Å². The molecule has 0 aliphatic heterocycles. The number of amides is 1. The Kier molecular flexibility index (Phi) is 5.45. The van der Waals surface area contributed by atoms with E-state index >= 15 is 0 Å². The number of carbonyl (C=O) groups excluding carboxylic acids is 1. The Morgan fingerprint density at radius 1 is 1.47 bits per heavy atom. The van der Waals surface area contributed by atoms with Gasteiger partial charge in [-0.1, -0.05) is 12.1 Å². The third kappa shape index (κ3) is 5.33. The van der Waals surface area contributed by atoms with E-state index in [9.17, 15) is 4.79 Å². The van der Waals surface area contributed by atoms with Crippen LogP contribution in [0.1, 0.15) is 5.56 Å². The smallest absolute Gasteiger partial charge is 0.411 e. The van der Waals surface area contributed by atoms with E-state index in [1.165, 1.54) is 0 Å². The highest BCUT2D eigenvalue weighted by Crippen LogP contribution is 2.12. The van der Waals surface area contributed by atoms with E-state index in [2.05, 4.69) is 5.32 Å². The number of rotatable bonds is 5. The summed E-state index contributed by atoms with van der Waals surface area (Å²) in [5.41, 5.74) is 1.79. The molecule has 1 aromatic carbocycles. The Bertz CT molecular complexity index is 367. The van der Waals surface area contributed by atoms with Gasteiger partial charge in [0.1, 0.15) is 6.61 Å². The lowest BCUT2D eigenvalue weighted by atomic mass is 10.2. The molecule has 0 spiro atoms. The SMILES string of the molecule is CN(C)Cc1cccc(NC(=O)OCCO)c1. The minimum atomic E-state index is -0.555. The van der Waals surface area contributed by atoms with Gasteiger partial charge in [-0.3, -0.25) is 5.32 Å². The van der Waals surface area contributed by atoms with E-state index in [0.717, 1.165) is 12.1 Å². The fourth-order valence-electron chi connectivity index (χ4n) is 1.40. The van der Waals surface area contributed by atoms with Crippen LogP contribution in [0.3, 0.4) is 0 Å². The monoisotopic (exact) mass is 238 g/mol. The lowest BCUT2D eigenvalue weighted by Gasteiger charge is -2.11. The van der Waals surface area contributed by atoms with E-state index in [0.29, 0.717) is 5.69 Å². The topological polar surface area (TPSA) is 61.8 Å². The van der Waals surface area contributed by atoms with Gasteiger partial charge in [-0.25, -0.2) is 4.79 Å². The van der Waals surface area contributed by atoms with Crippen molar-refractivity contribution in [1.29, 1.82) is 0 Å². The van der Waals surface area contributed by atoms with Crippen molar-refractivity contribution in [2.24, 2.45) is 0 Å². The molecule has 0 fully saturated rings. The second-order valence-electron chi connectivity index (χ2n) is 3.92. The molecule has 0 unspecified atom stereocenters. The molecule has 5 heteroatoms. The first-order valence-electron chi connectivity index (χ1n) is 5.40. The quantitative estimate of drug-likeness (QED) is 0.811. The number of anilines is 1. The summed E-state index contributed by atoms with van der Waals surface area (Å²) in [6, 6.07) is 7.55. The summed E-state index contributed by atoms with van der Waals surface area (Å²) >= 11 is 0. The lowest BCUT2D eigenvalue weighted by Crippen LogP contribution is -2.16. The molecule has 0 saturated heterocycles. The van der Waals surface area contributed by atoms with Crippen molar-refractivity contribution < 1.29 is 14.6 Å². The predicted octanol–water partition coefficient (Wildman–Crippen LogP) is 1.29. The van der Waals surface area contributed by atoms with Gasteiger partial charge in [0.25, 0.3) is 0 Å². The lowest BCUT2D eigenvalue weighted by molar-refractivity contribution is 0.131.